The number of aliphatic hydroxyl groups excluding tert-OH is 1. The molecule has 5 N–H and O–H groups in total. The van der Waals surface area contributed by atoms with E-state index in [0.29, 0.717) is 17.8 Å². The Hall–Kier alpha value is -2.12. The number of hydrogen-bond donors (Lipinski definition) is 4. The molecule has 0 saturated heterocycles. The minimum atomic E-state index is 0.227. The molecule has 0 radical (unpaired) electrons. The number of nitrogens with one attached hydrogen (secondary N) is 2. The molecule has 108 valence electrons. The Bertz CT molecular complexity index is 782. The van der Waals surface area contributed by atoms with Gasteiger partial charge in [-0.1, -0.05) is 0 Å². The molecule has 7 heteroatoms. The Morgan fingerprint density at radius 1 is 1.48 bits per heavy atom. The molecule has 4 rings (SSSR count). The molecule has 0 aliphatic heterocycles. The zero-order valence-electron chi connectivity index (χ0n) is 11.2. The number of hydrogen-bond acceptors (Lipinski definition) is 6. The Kier molecular flexibility index (Phi) is 2.83. The minimum absolute atomic E-state index is 0.227. The number of nitrogens with two attached hydrogens (primary N) is 1. The summed E-state index contributed by atoms with van der Waals surface area (Å²) in [6.07, 6.45) is 2.73. The van der Waals surface area contributed by atoms with Crippen molar-refractivity contribution in [3.8, 4) is 10.6 Å². The van der Waals surface area contributed by atoms with Crippen LogP contribution in [0.15, 0.2) is 24.4 Å². The lowest BCUT2D eigenvalue weighted by Gasteiger charge is -2.07. The molecule has 0 aromatic carbocycles. The van der Waals surface area contributed by atoms with Gasteiger partial charge in [-0.05, 0) is 18.6 Å². The number of fused-ring (bicyclic) bond motifs is 1. The first-order chi connectivity index (χ1) is 10.2. The van der Waals surface area contributed by atoms with Gasteiger partial charge < -0.3 is 16.2 Å². The maximum atomic E-state index is 9.17. The number of nitrogens with zero attached hydrogens (tertiary/aromatic N) is 2. The van der Waals surface area contributed by atoms with E-state index in [9.17, 15) is 0 Å². The third-order valence-electron chi connectivity index (χ3n) is 3.76. The fraction of sp³-hybridized carbons (Fsp3) is 0.286. The number of pyridine rings is 1. The third-order valence-corrected chi connectivity index (χ3v) is 4.95. The lowest BCUT2D eigenvalue weighted by Crippen LogP contribution is -2.07. The monoisotopic (exact) mass is 301 g/mol. The van der Waals surface area contributed by atoms with Gasteiger partial charge in [-0.3, -0.25) is 5.10 Å². The van der Waals surface area contributed by atoms with Crippen LogP contribution in [-0.2, 0) is 0 Å². The van der Waals surface area contributed by atoms with E-state index in [2.05, 4.69) is 20.5 Å². The van der Waals surface area contributed by atoms with Crippen molar-refractivity contribution in [3.05, 3.63) is 24.4 Å². The summed E-state index contributed by atoms with van der Waals surface area (Å²) in [5.41, 5.74) is 8.75. The van der Waals surface area contributed by atoms with Crippen molar-refractivity contribution in [2.45, 2.75) is 12.5 Å². The number of thiophene rings is 1. The lowest BCUT2D eigenvalue weighted by atomic mass is 10.3. The van der Waals surface area contributed by atoms with E-state index < -0.39 is 0 Å². The maximum Gasteiger partial charge on any atom is 0.126 e. The first-order valence-corrected chi connectivity index (χ1v) is 7.63. The van der Waals surface area contributed by atoms with Crippen molar-refractivity contribution < 1.29 is 5.11 Å². The van der Waals surface area contributed by atoms with Gasteiger partial charge in [-0.15, -0.1) is 11.3 Å². The zero-order valence-corrected chi connectivity index (χ0v) is 12.0. The molecule has 3 aromatic rings. The van der Waals surface area contributed by atoms with Crippen LogP contribution in [0.5, 0.6) is 0 Å². The van der Waals surface area contributed by atoms with Gasteiger partial charge in [-0.25, -0.2) is 4.98 Å². The molecule has 1 aliphatic rings. The van der Waals surface area contributed by atoms with Crippen LogP contribution in [0.1, 0.15) is 6.42 Å². The first-order valence-electron chi connectivity index (χ1n) is 6.82. The number of aliphatic hydroxyl groups is 1. The topological polar surface area (TPSA) is 99.9 Å². The molecule has 1 saturated carbocycles. The van der Waals surface area contributed by atoms with Gasteiger partial charge in [0.25, 0.3) is 0 Å². The molecular formula is C14H15N5OS. The van der Waals surface area contributed by atoms with Gasteiger partial charge in [0.1, 0.15) is 5.82 Å². The number of anilines is 2. The van der Waals surface area contributed by atoms with E-state index in [1.165, 1.54) is 0 Å². The van der Waals surface area contributed by atoms with Gasteiger partial charge in [-0.2, -0.15) is 5.10 Å². The van der Waals surface area contributed by atoms with E-state index >= 15 is 0 Å². The average Bonchev–Trinajstić information content (AvgIpc) is 2.90. The van der Waals surface area contributed by atoms with Gasteiger partial charge in [0, 0.05) is 30.8 Å². The van der Waals surface area contributed by atoms with Crippen molar-refractivity contribution >= 4 is 33.1 Å². The molecule has 6 nitrogen and oxygen atoms in total. The highest BCUT2D eigenvalue weighted by Crippen LogP contribution is 2.40. The van der Waals surface area contributed by atoms with Crippen LogP contribution in [0.25, 0.3) is 20.8 Å². The van der Waals surface area contributed by atoms with Crippen molar-refractivity contribution in [2.75, 3.05) is 17.7 Å². The molecule has 0 spiro atoms. The molecule has 3 aromatic heterocycles. The number of H-pyrrole nitrogens is 1. The molecule has 0 amide bonds. The van der Waals surface area contributed by atoms with Crippen LogP contribution < -0.4 is 11.1 Å². The predicted molar refractivity (Wildman–Crippen MR) is 84.2 cm³/mol. The summed E-state index contributed by atoms with van der Waals surface area (Å²) in [5, 5.41) is 19.6. The Balaban J connectivity index is 1.75. The predicted octanol–water partition coefficient (Wildman–Crippen LogP) is 2.06. The van der Waals surface area contributed by atoms with Crippen LogP contribution >= 0.6 is 11.3 Å². The van der Waals surface area contributed by atoms with Crippen molar-refractivity contribution in [1.82, 2.24) is 15.2 Å². The van der Waals surface area contributed by atoms with Crippen LogP contribution in [0.4, 0.5) is 11.5 Å². The summed E-state index contributed by atoms with van der Waals surface area (Å²) >= 11 is 1.65. The normalized spacial score (nSPS) is 20.8. The van der Waals surface area contributed by atoms with E-state index in [4.69, 9.17) is 10.8 Å². The summed E-state index contributed by atoms with van der Waals surface area (Å²) in [7, 11) is 0. The lowest BCUT2D eigenvalue weighted by molar-refractivity contribution is 0.275. The molecule has 0 bridgehead atoms. The van der Waals surface area contributed by atoms with Gasteiger partial charge >= 0.3 is 0 Å². The Labute approximate surface area is 125 Å². The molecule has 3 heterocycles. The summed E-state index contributed by atoms with van der Waals surface area (Å²) in [6, 6.07) is 6.15. The first kappa shape index (κ1) is 12.6. The van der Waals surface area contributed by atoms with Crippen LogP contribution in [0, 0.1) is 5.92 Å². The van der Waals surface area contributed by atoms with Crippen molar-refractivity contribution in [2.24, 2.45) is 5.92 Å². The smallest absolute Gasteiger partial charge is 0.126 e. The number of aromatic nitrogens is 3. The van der Waals surface area contributed by atoms with Gasteiger partial charge in [0.15, 0.2) is 0 Å². The summed E-state index contributed by atoms with van der Waals surface area (Å²) < 4.78 is 1.08. The van der Waals surface area contributed by atoms with E-state index in [1.807, 2.05) is 18.2 Å². The zero-order chi connectivity index (χ0) is 14.4. The highest BCUT2D eigenvalue weighted by Gasteiger charge is 2.36. The van der Waals surface area contributed by atoms with Crippen LogP contribution in [0.3, 0.4) is 0 Å². The number of aromatic amines is 1. The standard InChI is InChI=1S/C14H15N5OS/c15-13-5-11(17-9-3-7(9)6-20)14-10(18-13)4-12(21-14)8-1-2-16-19-8/h1-2,4-5,7,9,20H,3,6H2,(H,16,19)(H3,15,17,18)/t7-,9-/m0/s1. The second kappa shape index (κ2) is 4.71. The second-order valence-electron chi connectivity index (χ2n) is 5.32. The number of nitrogen functional groups attached to an aromatic ring is 1. The summed E-state index contributed by atoms with van der Waals surface area (Å²) in [6.45, 7) is 0.227. The third kappa shape index (κ3) is 2.24. The Morgan fingerprint density at radius 2 is 2.38 bits per heavy atom. The fourth-order valence-corrected chi connectivity index (χ4v) is 3.55. The van der Waals surface area contributed by atoms with Crippen molar-refractivity contribution in [3.63, 3.8) is 0 Å². The number of rotatable bonds is 4. The van der Waals surface area contributed by atoms with Gasteiger partial charge in [0.2, 0.25) is 0 Å². The average molecular weight is 301 g/mol. The quantitative estimate of drug-likeness (QED) is 0.591. The maximum absolute atomic E-state index is 9.17. The second-order valence-corrected chi connectivity index (χ2v) is 6.37. The van der Waals surface area contributed by atoms with E-state index in [1.54, 1.807) is 17.5 Å². The Morgan fingerprint density at radius 3 is 3.10 bits per heavy atom. The highest BCUT2D eigenvalue weighted by atomic mass is 32.1. The fourth-order valence-electron chi connectivity index (χ4n) is 2.50. The minimum Gasteiger partial charge on any atom is -0.396 e. The molecule has 2 atom stereocenters. The highest BCUT2D eigenvalue weighted by molar-refractivity contribution is 7.22. The molecule has 1 aliphatic carbocycles. The van der Waals surface area contributed by atoms with Crippen LogP contribution in [0.2, 0.25) is 0 Å². The van der Waals surface area contributed by atoms with Crippen LogP contribution in [-0.4, -0.2) is 32.9 Å². The van der Waals surface area contributed by atoms with Crippen molar-refractivity contribution in [1.29, 1.82) is 0 Å². The van der Waals surface area contributed by atoms with Gasteiger partial charge in [0.05, 0.1) is 26.5 Å². The summed E-state index contributed by atoms with van der Waals surface area (Å²) in [4.78, 5) is 5.48. The molecule has 0 unspecified atom stereocenters. The van der Waals surface area contributed by atoms with E-state index in [-0.39, 0.29) is 6.61 Å². The molecule has 21 heavy (non-hydrogen) atoms. The SMILES string of the molecule is Nc1cc(N[C@H]2C[C@H]2CO)c2sc(-c3ccn[nH]3)cc2n1. The summed E-state index contributed by atoms with van der Waals surface area (Å²) in [5.74, 6) is 0.849. The largest absolute Gasteiger partial charge is 0.396 e. The molecular weight excluding hydrogens is 286 g/mol. The molecule has 1 fully saturated rings. The van der Waals surface area contributed by atoms with E-state index in [0.717, 1.165) is 32.9 Å².